The first-order chi connectivity index (χ1) is 5.61. The Labute approximate surface area is 73.4 Å². The van der Waals surface area contributed by atoms with Gasteiger partial charge in [-0.1, -0.05) is 6.42 Å². The molecule has 1 N–H and O–H groups in total. The molecule has 0 aromatic rings. The summed E-state index contributed by atoms with van der Waals surface area (Å²) in [6.07, 6.45) is 3.75. The SMILES string of the molecule is CN(C)[C@@H]1CCC[C@H]1CC(=O)O. The lowest BCUT2D eigenvalue weighted by molar-refractivity contribution is -0.138. The first-order valence-electron chi connectivity index (χ1n) is 4.49. The van der Waals surface area contributed by atoms with E-state index in [9.17, 15) is 4.79 Å². The molecule has 0 aliphatic heterocycles. The molecule has 0 heterocycles. The number of aliphatic carboxylic acids is 1. The maximum atomic E-state index is 10.5. The summed E-state index contributed by atoms with van der Waals surface area (Å²) in [5.41, 5.74) is 0. The summed E-state index contributed by atoms with van der Waals surface area (Å²) >= 11 is 0. The molecular weight excluding hydrogens is 154 g/mol. The Morgan fingerprint density at radius 3 is 2.67 bits per heavy atom. The minimum Gasteiger partial charge on any atom is -0.481 e. The van der Waals surface area contributed by atoms with E-state index in [4.69, 9.17) is 5.11 Å². The van der Waals surface area contributed by atoms with Crippen LogP contribution in [0.2, 0.25) is 0 Å². The van der Waals surface area contributed by atoms with Gasteiger partial charge in [-0.15, -0.1) is 0 Å². The van der Waals surface area contributed by atoms with E-state index in [2.05, 4.69) is 4.90 Å². The molecule has 1 aliphatic carbocycles. The fraction of sp³-hybridized carbons (Fsp3) is 0.889. The second-order valence-electron chi connectivity index (χ2n) is 3.82. The summed E-state index contributed by atoms with van der Waals surface area (Å²) in [5, 5.41) is 8.65. The van der Waals surface area contributed by atoms with Crippen LogP contribution in [-0.4, -0.2) is 36.1 Å². The van der Waals surface area contributed by atoms with Gasteiger partial charge >= 0.3 is 5.97 Å². The molecule has 0 aromatic carbocycles. The molecule has 12 heavy (non-hydrogen) atoms. The van der Waals surface area contributed by atoms with Crippen LogP contribution in [0.1, 0.15) is 25.7 Å². The van der Waals surface area contributed by atoms with Crippen LogP contribution in [0.3, 0.4) is 0 Å². The van der Waals surface area contributed by atoms with E-state index < -0.39 is 5.97 Å². The molecule has 2 atom stereocenters. The van der Waals surface area contributed by atoms with E-state index in [1.807, 2.05) is 14.1 Å². The smallest absolute Gasteiger partial charge is 0.303 e. The van der Waals surface area contributed by atoms with Crippen molar-refractivity contribution < 1.29 is 9.90 Å². The predicted octanol–water partition coefficient (Wildman–Crippen LogP) is 1.19. The quantitative estimate of drug-likeness (QED) is 0.693. The lowest BCUT2D eigenvalue weighted by Crippen LogP contribution is -2.32. The van der Waals surface area contributed by atoms with Crippen molar-refractivity contribution in [2.75, 3.05) is 14.1 Å². The molecule has 70 valence electrons. The van der Waals surface area contributed by atoms with Crippen molar-refractivity contribution in [2.24, 2.45) is 5.92 Å². The van der Waals surface area contributed by atoms with Crippen molar-refractivity contribution in [1.82, 2.24) is 4.90 Å². The molecule has 1 rings (SSSR count). The van der Waals surface area contributed by atoms with Gasteiger partial charge in [0, 0.05) is 12.5 Å². The summed E-state index contributed by atoms with van der Waals surface area (Å²) in [4.78, 5) is 12.7. The molecule has 3 nitrogen and oxygen atoms in total. The summed E-state index contributed by atoms with van der Waals surface area (Å²) < 4.78 is 0. The van der Waals surface area contributed by atoms with E-state index in [1.165, 1.54) is 6.42 Å². The minimum atomic E-state index is -0.659. The second kappa shape index (κ2) is 3.90. The Morgan fingerprint density at radius 1 is 1.50 bits per heavy atom. The molecule has 0 unspecified atom stereocenters. The lowest BCUT2D eigenvalue weighted by Gasteiger charge is -2.24. The zero-order valence-electron chi connectivity index (χ0n) is 7.79. The summed E-state index contributed by atoms with van der Waals surface area (Å²) in [6.45, 7) is 0. The van der Waals surface area contributed by atoms with Crippen LogP contribution < -0.4 is 0 Å². The number of nitrogens with zero attached hydrogens (tertiary/aromatic N) is 1. The molecule has 0 spiro atoms. The molecule has 0 amide bonds. The van der Waals surface area contributed by atoms with Gasteiger partial charge in [0.25, 0.3) is 0 Å². The summed E-state index contributed by atoms with van der Waals surface area (Å²) in [6, 6.07) is 0.487. The first kappa shape index (κ1) is 9.52. The highest BCUT2D eigenvalue weighted by Gasteiger charge is 2.30. The summed E-state index contributed by atoms with van der Waals surface area (Å²) in [7, 11) is 4.07. The van der Waals surface area contributed by atoms with E-state index in [-0.39, 0.29) is 0 Å². The van der Waals surface area contributed by atoms with Gasteiger partial charge in [0.05, 0.1) is 0 Å². The average molecular weight is 171 g/mol. The first-order valence-corrected chi connectivity index (χ1v) is 4.49. The molecule has 1 aliphatic rings. The van der Waals surface area contributed by atoms with Crippen molar-refractivity contribution >= 4 is 5.97 Å². The average Bonchev–Trinajstić information content (AvgIpc) is 2.33. The lowest BCUT2D eigenvalue weighted by atomic mass is 9.99. The van der Waals surface area contributed by atoms with Crippen molar-refractivity contribution in [2.45, 2.75) is 31.7 Å². The van der Waals surface area contributed by atoms with Crippen molar-refractivity contribution in [3.63, 3.8) is 0 Å². The Bertz CT molecular complexity index is 168. The molecule has 0 bridgehead atoms. The van der Waals surface area contributed by atoms with Gasteiger partial charge in [0.2, 0.25) is 0 Å². The van der Waals surface area contributed by atoms with Crippen molar-refractivity contribution in [3.8, 4) is 0 Å². The molecule has 1 fully saturated rings. The van der Waals surface area contributed by atoms with E-state index >= 15 is 0 Å². The van der Waals surface area contributed by atoms with Gasteiger partial charge in [-0.05, 0) is 32.9 Å². The van der Waals surface area contributed by atoms with Gasteiger partial charge in [-0.25, -0.2) is 0 Å². The highest BCUT2D eigenvalue weighted by molar-refractivity contribution is 5.67. The highest BCUT2D eigenvalue weighted by Crippen LogP contribution is 2.30. The van der Waals surface area contributed by atoms with Gasteiger partial charge in [0.15, 0.2) is 0 Å². The van der Waals surface area contributed by atoms with Crippen LogP contribution in [0.5, 0.6) is 0 Å². The maximum absolute atomic E-state index is 10.5. The van der Waals surface area contributed by atoms with Gasteiger partial charge in [-0.2, -0.15) is 0 Å². The Morgan fingerprint density at radius 2 is 2.17 bits per heavy atom. The minimum absolute atomic E-state index is 0.336. The Hall–Kier alpha value is -0.570. The number of carbonyl (C=O) groups is 1. The number of carboxylic acids is 1. The van der Waals surface area contributed by atoms with Gasteiger partial charge in [-0.3, -0.25) is 4.79 Å². The molecular formula is C9H17NO2. The summed E-state index contributed by atoms with van der Waals surface area (Å²) in [5.74, 6) is -0.286. The van der Waals surface area contributed by atoms with Crippen molar-refractivity contribution in [1.29, 1.82) is 0 Å². The third-order valence-corrected chi connectivity index (χ3v) is 2.72. The van der Waals surface area contributed by atoms with Crippen LogP contribution in [0.15, 0.2) is 0 Å². The van der Waals surface area contributed by atoms with E-state index in [0.29, 0.717) is 18.4 Å². The van der Waals surface area contributed by atoms with Gasteiger partial charge < -0.3 is 10.0 Å². The molecule has 0 radical (unpaired) electrons. The highest BCUT2D eigenvalue weighted by atomic mass is 16.4. The van der Waals surface area contributed by atoms with Crippen molar-refractivity contribution in [3.05, 3.63) is 0 Å². The van der Waals surface area contributed by atoms with Crippen LogP contribution in [0.4, 0.5) is 0 Å². The van der Waals surface area contributed by atoms with Crippen LogP contribution in [0, 0.1) is 5.92 Å². The standard InChI is InChI=1S/C9H17NO2/c1-10(2)8-5-3-4-7(8)6-9(11)12/h7-8H,3-6H2,1-2H3,(H,11,12)/t7-,8+/m0/s1. The second-order valence-corrected chi connectivity index (χ2v) is 3.82. The third kappa shape index (κ3) is 2.21. The molecule has 0 saturated heterocycles. The van der Waals surface area contributed by atoms with Crippen LogP contribution in [0.25, 0.3) is 0 Å². The fourth-order valence-electron chi connectivity index (χ4n) is 2.16. The number of rotatable bonds is 3. The van der Waals surface area contributed by atoms with Gasteiger partial charge in [0.1, 0.15) is 0 Å². The van der Waals surface area contributed by atoms with E-state index in [1.54, 1.807) is 0 Å². The number of hydrogen-bond donors (Lipinski definition) is 1. The monoisotopic (exact) mass is 171 g/mol. The largest absolute Gasteiger partial charge is 0.481 e. The maximum Gasteiger partial charge on any atom is 0.303 e. The Balaban J connectivity index is 2.46. The predicted molar refractivity (Wildman–Crippen MR) is 47.1 cm³/mol. The Kier molecular flexibility index (Phi) is 3.09. The van der Waals surface area contributed by atoms with Crippen LogP contribution >= 0.6 is 0 Å². The topological polar surface area (TPSA) is 40.5 Å². The number of hydrogen-bond acceptors (Lipinski definition) is 2. The zero-order valence-corrected chi connectivity index (χ0v) is 7.79. The molecule has 1 saturated carbocycles. The van der Waals surface area contributed by atoms with Crippen LogP contribution in [-0.2, 0) is 4.79 Å². The molecule has 3 heteroatoms. The normalized spacial score (nSPS) is 29.6. The molecule has 0 aromatic heterocycles. The van der Waals surface area contributed by atoms with E-state index in [0.717, 1.165) is 12.8 Å². The zero-order chi connectivity index (χ0) is 9.14. The third-order valence-electron chi connectivity index (χ3n) is 2.72. The number of carboxylic acid groups (broad SMARTS) is 1. The fourth-order valence-corrected chi connectivity index (χ4v) is 2.16.